The second-order valence-corrected chi connectivity index (χ2v) is 4.94. The summed E-state index contributed by atoms with van der Waals surface area (Å²) in [5.41, 5.74) is 7.19. The normalized spacial score (nSPS) is 12.8. The van der Waals surface area contributed by atoms with Crippen LogP contribution in [0.3, 0.4) is 0 Å². The Kier molecular flexibility index (Phi) is 6.06. The summed E-state index contributed by atoms with van der Waals surface area (Å²) in [5.74, 6) is 1.69. The Hall–Kier alpha value is -1.02. The molecular weight excluding hydrogens is 210 g/mol. The van der Waals surface area contributed by atoms with Crippen molar-refractivity contribution >= 4 is 0 Å². The van der Waals surface area contributed by atoms with Crippen LogP contribution < -0.4 is 10.5 Å². The number of rotatable bonds is 7. The first-order valence-corrected chi connectivity index (χ1v) is 6.62. The van der Waals surface area contributed by atoms with Crippen molar-refractivity contribution in [3.05, 3.63) is 29.8 Å². The molecule has 17 heavy (non-hydrogen) atoms. The van der Waals surface area contributed by atoms with Crippen molar-refractivity contribution in [1.29, 1.82) is 0 Å². The van der Waals surface area contributed by atoms with Gasteiger partial charge in [0.05, 0.1) is 6.61 Å². The largest absolute Gasteiger partial charge is 0.493 e. The standard InChI is InChI=1S/C15H25NO/c1-4-14(16)13-9-5-6-10-15(13)17-11-7-8-12(2)3/h5-6,9-10,12,14H,4,7-8,11,16H2,1-3H3/t14-/m1/s1. The minimum Gasteiger partial charge on any atom is -0.493 e. The van der Waals surface area contributed by atoms with Crippen LogP contribution in [0.15, 0.2) is 24.3 Å². The molecule has 2 heteroatoms. The molecule has 0 radical (unpaired) electrons. The fourth-order valence-electron chi connectivity index (χ4n) is 1.81. The fraction of sp³-hybridized carbons (Fsp3) is 0.600. The van der Waals surface area contributed by atoms with Crippen LogP contribution in [0, 0.1) is 5.92 Å². The van der Waals surface area contributed by atoms with E-state index in [1.807, 2.05) is 18.2 Å². The highest BCUT2D eigenvalue weighted by Crippen LogP contribution is 2.25. The van der Waals surface area contributed by atoms with Gasteiger partial charge < -0.3 is 10.5 Å². The summed E-state index contributed by atoms with van der Waals surface area (Å²) in [6.45, 7) is 7.35. The number of hydrogen-bond acceptors (Lipinski definition) is 2. The van der Waals surface area contributed by atoms with E-state index in [2.05, 4.69) is 26.8 Å². The Morgan fingerprint density at radius 1 is 1.24 bits per heavy atom. The fourth-order valence-corrected chi connectivity index (χ4v) is 1.81. The molecule has 0 fully saturated rings. The van der Waals surface area contributed by atoms with Gasteiger partial charge in [-0.2, -0.15) is 0 Å². The Bertz CT molecular complexity index is 322. The summed E-state index contributed by atoms with van der Waals surface area (Å²) in [6, 6.07) is 8.18. The number of hydrogen-bond donors (Lipinski definition) is 1. The molecule has 1 aromatic carbocycles. The van der Waals surface area contributed by atoms with Crippen LogP contribution in [0.2, 0.25) is 0 Å². The van der Waals surface area contributed by atoms with Crippen molar-refractivity contribution in [3.8, 4) is 5.75 Å². The van der Waals surface area contributed by atoms with Crippen LogP contribution in [0.4, 0.5) is 0 Å². The zero-order valence-corrected chi connectivity index (χ0v) is 11.3. The summed E-state index contributed by atoms with van der Waals surface area (Å²) in [6.07, 6.45) is 3.25. The van der Waals surface area contributed by atoms with Crippen molar-refractivity contribution in [1.82, 2.24) is 0 Å². The van der Waals surface area contributed by atoms with Gasteiger partial charge in [-0.1, -0.05) is 39.0 Å². The van der Waals surface area contributed by atoms with Crippen LogP contribution in [0.25, 0.3) is 0 Å². The van der Waals surface area contributed by atoms with E-state index >= 15 is 0 Å². The second kappa shape index (κ2) is 7.33. The molecule has 0 saturated carbocycles. The topological polar surface area (TPSA) is 35.2 Å². The van der Waals surface area contributed by atoms with Crippen LogP contribution >= 0.6 is 0 Å². The van der Waals surface area contributed by atoms with Crippen LogP contribution in [0.5, 0.6) is 5.75 Å². The molecule has 0 heterocycles. The lowest BCUT2D eigenvalue weighted by molar-refractivity contribution is 0.293. The van der Waals surface area contributed by atoms with Gasteiger partial charge in [-0.05, 0) is 31.2 Å². The molecule has 2 N–H and O–H groups in total. The van der Waals surface area contributed by atoms with Gasteiger partial charge in [0.15, 0.2) is 0 Å². The number of ether oxygens (including phenoxy) is 1. The van der Waals surface area contributed by atoms with Gasteiger partial charge in [0.1, 0.15) is 5.75 Å². The van der Waals surface area contributed by atoms with Crippen molar-refractivity contribution in [2.75, 3.05) is 6.61 Å². The maximum atomic E-state index is 6.07. The average Bonchev–Trinajstić information content (AvgIpc) is 2.34. The van der Waals surface area contributed by atoms with Crippen LogP contribution in [-0.2, 0) is 0 Å². The Labute approximate surface area is 105 Å². The van der Waals surface area contributed by atoms with E-state index in [-0.39, 0.29) is 6.04 Å². The highest BCUT2D eigenvalue weighted by molar-refractivity contribution is 5.35. The zero-order valence-electron chi connectivity index (χ0n) is 11.3. The smallest absolute Gasteiger partial charge is 0.124 e. The van der Waals surface area contributed by atoms with Crippen molar-refractivity contribution in [2.24, 2.45) is 11.7 Å². The van der Waals surface area contributed by atoms with Gasteiger partial charge >= 0.3 is 0 Å². The maximum Gasteiger partial charge on any atom is 0.124 e. The second-order valence-electron chi connectivity index (χ2n) is 4.94. The molecule has 0 aliphatic carbocycles. The molecule has 0 saturated heterocycles. The van der Waals surface area contributed by atoms with Crippen LogP contribution in [0.1, 0.15) is 51.6 Å². The first-order valence-electron chi connectivity index (χ1n) is 6.62. The minimum atomic E-state index is 0.0799. The Morgan fingerprint density at radius 3 is 2.59 bits per heavy atom. The van der Waals surface area contributed by atoms with E-state index < -0.39 is 0 Å². The molecule has 2 nitrogen and oxygen atoms in total. The van der Waals surface area contributed by atoms with Gasteiger partial charge in [-0.25, -0.2) is 0 Å². The molecule has 0 aromatic heterocycles. The monoisotopic (exact) mass is 235 g/mol. The summed E-state index contributed by atoms with van der Waals surface area (Å²) in [5, 5.41) is 0. The Morgan fingerprint density at radius 2 is 1.94 bits per heavy atom. The summed E-state index contributed by atoms with van der Waals surface area (Å²) in [4.78, 5) is 0. The third-order valence-corrected chi connectivity index (χ3v) is 2.94. The van der Waals surface area contributed by atoms with Gasteiger partial charge in [0.2, 0.25) is 0 Å². The molecular formula is C15H25NO. The first-order chi connectivity index (χ1) is 8.15. The van der Waals surface area contributed by atoms with Gasteiger partial charge in [0.25, 0.3) is 0 Å². The van der Waals surface area contributed by atoms with Crippen molar-refractivity contribution in [2.45, 2.75) is 46.1 Å². The van der Waals surface area contributed by atoms with Crippen molar-refractivity contribution < 1.29 is 4.74 Å². The molecule has 0 bridgehead atoms. The molecule has 0 aliphatic heterocycles. The molecule has 0 spiro atoms. The lowest BCUT2D eigenvalue weighted by Gasteiger charge is -2.15. The molecule has 1 atom stereocenters. The lowest BCUT2D eigenvalue weighted by atomic mass is 10.0. The zero-order chi connectivity index (χ0) is 12.7. The number of nitrogens with two attached hydrogens (primary N) is 1. The minimum absolute atomic E-state index is 0.0799. The summed E-state index contributed by atoms with van der Waals surface area (Å²) >= 11 is 0. The highest BCUT2D eigenvalue weighted by atomic mass is 16.5. The van der Waals surface area contributed by atoms with Gasteiger partial charge in [-0.3, -0.25) is 0 Å². The molecule has 0 aliphatic rings. The van der Waals surface area contributed by atoms with E-state index in [0.29, 0.717) is 0 Å². The Balaban J connectivity index is 2.52. The third kappa shape index (κ3) is 4.78. The van der Waals surface area contributed by atoms with Crippen molar-refractivity contribution in [3.63, 3.8) is 0 Å². The van der Waals surface area contributed by atoms with Gasteiger partial charge in [0, 0.05) is 11.6 Å². The molecule has 1 aromatic rings. The average molecular weight is 235 g/mol. The highest BCUT2D eigenvalue weighted by Gasteiger charge is 2.09. The van der Waals surface area contributed by atoms with E-state index in [0.717, 1.165) is 36.7 Å². The van der Waals surface area contributed by atoms with E-state index in [4.69, 9.17) is 10.5 Å². The summed E-state index contributed by atoms with van der Waals surface area (Å²) in [7, 11) is 0. The first kappa shape index (κ1) is 14.0. The van der Waals surface area contributed by atoms with Crippen LogP contribution in [-0.4, -0.2) is 6.61 Å². The third-order valence-electron chi connectivity index (χ3n) is 2.94. The van der Waals surface area contributed by atoms with E-state index in [9.17, 15) is 0 Å². The molecule has 1 rings (SSSR count). The summed E-state index contributed by atoms with van der Waals surface area (Å²) < 4.78 is 5.83. The molecule has 96 valence electrons. The van der Waals surface area contributed by atoms with E-state index in [1.54, 1.807) is 0 Å². The van der Waals surface area contributed by atoms with Gasteiger partial charge in [-0.15, -0.1) is 0 Å². The quantitative estimate of drug-likeness (QED) is 0.727. The predicted octanol–water partition coefficient (Wildman–Crippen LogP) is 3.91. The number of para-hydroxylation sites is 1. The lowest BCUT2D eigenvalue weighted by Crippen LogP contribution is -2.11. The molecule has 0 amide bonds. The SMILES string of the molecule is CC[C@@H](N)c1ccccc1OCCCC(C)C. The maximum absolute atomic E-state index is 6.07. The predicted molar refractivity (Wildman–Crippen MR) is 73.2 cm³/mol. The molecule has 0 unspecified atom stereocenters. The number of benzene rings is 1. The van der Waals surface area contributed by atoms with E-state index in [1.165, 1.54) is 6.42 Å².